The summed E-state index contributed by atoms with van der Waals surface area (Å²) in [5.74, 6) is -1.07. The van der Waals surface area contributed by atoms with Crippen molar-refractivity contribution in [1.29, 1.82) is 0 Å². The zero-order valence-corrected chi connectivity index (χ0v) is 13.0. The number of aromatic nitrogens is 1. The fraction of sp³-hybridized carbons (Fsp3) is 0.235. The lowest BCUT2D eigenvalue weighted by Gasteiger charge is -2.10. The molecule has 6 heteroatoms. The van der Waals surface area contributed by atoms with Crippen LogP contribution in [0.1, 0.15) is 11.1 Å². The van der Waals surface area contributed by atoms with E-state index < -0.39 is 18.5 Å². The monoisotopic (exact) mass is 314 g/mol. The van der Waals surface area contributed by atoms with Gasteiger partial charge in [0, 0.05) is 18.0 Å². The summed E-state index contributed by atoms with van der Waals surface area (Å²) < 4.78 is 6.10. The number of esters is 1. The molecule has 0 fully saturated rings. The molecule has 1 aromatic heterocycles. The SMILES string of the molecule is Cc1ccc(NC(=O)COC(=O)Cn2ccccc2=O)c(C)c1. The number of pyridine rings is 1. The normalized spacial score (nSPS) is 10.2. The molecule has 6 nitrogen and oxygen atoms in total. The Kier molecular flexibility index (Phi) is 5.30. The minimum Gasteiger partial charge on any atom is -0.454 e. The van der Waals surface area contributed by atoms with E-state index in [0.717, 1.165) is 11.1 Å². The van der Waals surface area contributed by atoms with Crippen LogP contribution in [0.25, 0.3) is 0 Å². The first kappa shape index (κ1) is 16.5. The fourth-order valence-corrected chi connectivity index (χ4v) is 2.06. The highest BCUT2D eigenvalue weighted by molar-refractivity contribution is 5.93. The van der Waals surface area contributed by atoms with Crippen LogP contribution in [0.3, 0.4) is 0 Å². The van der Waals surface area contributed by atoms with Crippen molar-refractivity contribution in [3.05, 3.63) is 64.1 Å². The first-order valence-corrected chi connectivity index (χ1v) is 7.14. The molecule has 23 heavy (non-hydrogen) atoms. The molecule has 1 amide bonds. The van der Waals surface area contributed by atoms with Crippen LogP contribution in [0.2, 0.25) is 0 Å². The summed E-state index contributed by atoms with van der Waals surface area (Å²) in [6, 6.07) is 10.2. The lowest BCUT2D eigenvalue weighted by atomic mass is 10.1. The number of hydrogen-bond donors (Lipinski definition) is 1. The number of benzene rings is 1. The largest absolute Gasteiger partial charge is 0.454 e. The smallest absolute Gasteiger partial charge is 0.326 e. The molecule has 0 bridgehead atoms. The third-order valence-electron chi connectivity index (χ3n) is 3.22. The first-order chi connectivity index (χ1) is 11.0. The Balaban J connectivity index is 1.85. The van der Waals surface area contributed by atoms with E-state index in [0.29, 0.717) is 5.69 Å². The van der Waals surface area contributed by atoms with Gasteiger partial charge in [-0.15, -0.1) is 0 Å². The second-order valence-corrected chi connectivity index (χ2v) is 5.19. The van der Waals surface area contributed by atoms with Gasteiger partial charge >= 0.3 is 5.97 Å². The van der Waals surface area contributed by atoms with Crippen LogP contribution in [0.15, 0.2) is 47.4 Å². The second kappa shape index (κ2) is 7.40. The van der Waals surface area contributed by atoms with E-state index in [-0.39, 0.29) is 12.1 Å². The second-order valence-electron chi connectivity index (χ2n) is 5.19. The highest BCUT2D eigenvalue weighted by Crippen LogP contribution is 2.15. The Morgan fingerprint density at radius 3 is 2.65 bits per heavy atom. The molecule has 0 aliphatic carbocycles. The van der Waals surface area contributed by atoms with Crippen molar-refractivity contribution in [3.8, 4) is 0 Å². The molecule has 0 radical (unpaired) electrons. The molecule has 1 aromatic carbocycles. The summed E-state index contributed by atoms with van der Waals surface area (Å²) in [4.78, 5) is 35.0. The molecule has 2 rings (SSSR count). The number of aryl methyl sites for hydroxylation is 2. The molecule has 0 unspecified atom stereocenters. The number of rotatable bonds is 5. The Morgan fingerprint density at radius 1 is 1.17 bits per heavy atom. The van der Waals surface area contributed by atoms with Gasteiger partial charge in [-0.25, -0.2) is 0 Å². The van der Waals surface area contributed by atoms with Crippen molar-refractivity contribution >= 4 is 17.6 Å². The number of nitrogens with zero attached hydrogens (tertiary/aromatic N) is 1. The number of anilines is 1. The molecule has 0 atom stereocenters. The van der Waals surface area contributed by atoms with Gasteiger partial charge in [0.05, 0.1) is 0 Å². The predicted octanol–water partition coefficient (Wildman–Crippen LogP) is 1.65. The van der Waals surface area contributed by atoms with Crippen molar-refractivity contribution in [2.75, 3.05) is 11.9 Å². The van der Waals surface area contributed by atoms with E-state index in [2.05, 4.69) is 5.32 Å². The van der Waals surface area contributed by atoms with Crippen LogP contribution < -0.4 is 10.9 Å². The number of nitrogens with one attached hydrogen (secondary N) is 1. The van der Waals surface area contributed by atoms with Crippen LogP contribution in [0.4, 0.5) is 5.69 Å². The van der Waals surface area contributed by atoms with Gasteiger partial charge in [-0.3, -0.25) is 14.4 Å². The Hall–Kier alpha value is -2.89. The molecule has 0 aliphatic rings. The van der Waals surface area contributed by atoms with Crippen LogP contribution in [-0.4, -0.2) is 23.1 Å². The van der Waals surface area contributed by atoms with E-state index in [9.17, 15) is 14.4 Å². The highest BCUT2D eigenvalue weighted by atomic mass is 16.5. The zero-order chi connectivity index (χ0) is 16.8. The van der Waals surface area contributed by atoms with Crippen LogP contribution in [-0.2, 0) is 20.9 Å². The summed E-state index contributed by atoms with van der Waals surface area (Å²) in [6.07, 6.45) is 1.49. The average molecular weight is 314 g/mol. The quantitative estimate of drug-likeness (QED) is 0.851. The van der Waals surface area contributed by atoms with Crippen LogP contribution in [0, 0.1) is 13.8 Å². The van der Waals surface area contributed by atoms with E-state index >= 15 is 0 Å². The first-order valence-electron chi connectivity index (χ1n) is 7.14. The van der Waals surface area contributed by atoms with Crippen molar-refractivity contribution in [3.63, 3.8) is 0 Å². The van der Waals surface area contributed by atoms with Crippen LogP contribution in [0.5, 0.6) is 0 Å². The van der Waals surface area contributed by atoms with Gasteiger partial charge in [0.2, 0.25) is 0 Å². The van der Waals surface area contributed by atoms with Crippen LogP contribution >= 0.6 is 0 Å². The summed E-state index contributed by atoms with van der Waals surface area (Å²) in [5, 5.41) is 2.68. The minimum absolute atomic E-state index is 0.226. The van der Waals surface area contributed by atoms with Crippen molar-refractivity contribution in [1.82, 2.24) is 4.57 Å². The predicted molar refractivity (Wildman–Crippen MR) is 86.2 cm³/mol. The Bertz CT molecular complexity index is 780. The Labute approximate surface area is 133 Å². The molecule has 0 aliphatic heterocycles. The molecule has 0 spiro atoms. The number of ether oxygens (including phenoxy) is 1. The van der Waals surface area contributed by atoms with Gasteiger partial charge in [-0.05, 0) is 31.5 Å². The average Bonchev–Trinajstić information content (AvgIpc) is 2.50. The van der Waals surface area contributed by atoms with E-state index in [1.807, 2.05) is 26.0 Å². The molecular weight excluding hydrogens is 296 g/mol. The summed E-state index contributed by atoms with van der Waals surface area (Å²) in [5.41, 5.74) is 2.40. The van der Waals surface area contributed by atoms with Gasteiger partial charge in [-0.2, -0.15) is 0 Å². The summed E-state index contributed by atoms with van der Waals surface area (Å²) in [6.45, 7) is 3.23. The third-order valence-corrected chi connectivity index (χ3v) is 3.22. The maximum absolute atomic E-state index is 11.8. The molecule has 0 saturated carbocycles. The van der Waals surface area contributed by atoms with Gasteiger partial charge < -0.3 is 14.6 Å². The number of carbonyl (C=O) groups excluding carboxylic acids is 2. The lowest BCUT2D eigenvalue weighted by Crippen LogP contribution is -2.27. The molecular formula is C17H18N2O4. The van der Waals surface area contributed by atoms with Gasteiger partial charge in [0.1, 0.15) is 6.54 Å². The number of hydrogen-bond acceptors (Lipinski definition) is 4. The molecule has 1 heterocycles. The van der Waals surface area contributed by atoms with Crippen molar-refractivity contribution in [2.24, 2.45) is 0 Å². The molecule has 1 N–H and O–H groups in total. The van der Waals surface area contributed by atoms with Crippen molar-refractivity contribution in [2.45, 2.75) is 20.4 Å². The van der Waals surface area contributed by atoms with Gasteiger partial charge in [-0.1, -0.05) is 23.8 Å². The molecule has 2 aromatic rings. The standard InChI is InChI=1S/C17H18N2O4/c1-12-6-7-14(13(2)9-12)18-15(20)11-23-17(22)10-19-8-4-3-5-16(19)21/h3-9H,10-11H2,1-2H3,(H,18,20). The third kappa shape index (κ3) is 4.81. The van der Waals surface area contributed by atoms with E-state index in [1.165, 1.54) is 16.8 Å². The summed E-state index contributed by atoms with van der Waals surface area (Å²) >= 11 is 0. The van der Waals surface area contributed by atoms with E-state index in [1.54, 1.807) is 18.2 Å². The molecule has 0 saturated heterocycles. The number of carbonyl (C=O) groups is 2. The lowest BCUT2D eigenvalue weighted by molar-refractivity contribution is -0.147. The topological polar surface area (TPSA) is 77.4 Å². The zero-order valence-electron chi connectivity index (χ0n) is 13.0. The van der Waals surface area contributed by atoms with Gasteiger partial charge in [0.25, 0.3) is 11.5 Å². The fourth-order valence-electron chi connectivity index (χ4n) is 2.06. The number of amides is 1. The minimum atomic E-state index is -0.644. The summed E-state index contributed by atoms with van der Waals surface area (Å²) in [7, 11) is 0. The maximum Gasteiger partial charge on any atom is 0.326 e. The highest BCUT2D eigenvalue weighted by Gasteiger charge is 2.10. The Morgan fingerprint density at radius 2 is 1.96 bits per heavy atom. The molecule has 120 valence electrons. The van der Waals surface area contributed by atoms with E-state index in [4.69, 9.17) is 4.74 Å². The maximum atomic E-state index is 11.8. The van der Waals surface area contributed by atoms with Crippen molar-refractivity contribution < 1.29 is 14.3 Å². The van der Waals surface area contributed by atoms with Gasteiger partial charge in [0.15, 0.2) is 6.61 Å².